The van der Waals surface area contributed by atoms with E-state index in [4.69, 9.17) is 10.5 Å². The number of aryl methyl sites for hydroxylation is 1. The third-order valence-corrected chi connectivity index (χ3v) is 3.53. The fourth-order valence-electron chi connectivity index (χ4n) is 1.89. The van der Waals surface area contributed by atoms with Crippen molar-refractivity contribution in [3.8, 4) is 0 Å². The first-order chi connectivity index (χ1) is 8.39. The molecule has 0 aliphatic rings. The standard InChI is InChI=1S/C16H27NO/c1-6-14(17)15(18-16(4,5)7-2)13-10-8-9-12(3)11-13/h8-11,14-15H,6-7,17H2,1-5H3. The van der Waals surface area contributed by atoms with E-state index in [9.17, 15) is 0 Å². The van der Waals surface area contributed by atoms with Crippen LogP contribution >= 0.6 is 0 Å². The maximum atomic E-state index is 6.26. The Bertz CT molecular complexity index is 373. The Kier molecular flexibility index (Phi) is 5.36. The van der Waals surface area contributed by atoms with Gasteiger partial charge in [-0.15, -0.1) is 0 Å². The summed E-state index contributed by atoms with van der Waals surface area (Å²) in [5.74, 6) is 0. The molecule has 0 spiro atoms. The van der Waals surface area contributed by atoms with Crippen molar-refractivity contribution in [3.05, 3.63) is 35.4 Å². The third kappa shape index (κ3) is 4.11. The van der Waals surface area contributed by atoms with Gasteiger partial charge in [-0.3, -0.25) is 0 Å². The molecule has 1 aromatic carbocycles. The average Bonchev–Trinajstić information content (AvgIpc) is 2.35. The molecule has 102 valence electrons. The monoisotopic (exact) mass is 249 g/mol. The largest absolute Gasteiger partial charge is 0.366 e. The van der Waals surface area contributed by atoms with E-state index < -0.39 is 0 Å². The zero-order valence-corrected chi connectivity index (χ0v) is 12.4. The predicted molar refractivity (Wildman–Crippen MR) is 77.6 cm³/mol. The first kappa shape index (κ1) is 15.2. The summed E-state index contributed by atoms with van der Waals surface area (Å²) in [6, 6.07) is 8.49. The van der Waals surface area contributed by atoms with E-state index in [2.05, 4.69) is 58.9 Å². The van der Waals surface area contributed by atoms with Gasteiger partial charge in [-0.2, -0.15) is 0 Å². The highest BCUT2D eigenvalue weighted by atomic mass is 16.5. The van der Waals surface area contributed by atoms with Crippen LogP contribution in [0.1, 0.15) is 57.8 Å². The lowest BCUT2D eigenvalue weighted by Gasteiger charge is -2.33. The van der Waals surface area contributed by atoms with Crippen LogP contribution in [0, 0.1) is 6.92 Å². The van der Waals surface area contributed by atoms with Gasteiger partial charge in [0.1, 0.15) is 0 Å². The topological polar surface area (TPSA) is 35.2 Å². The fraction of sp³-hybridized carbons (Fsp3) is 0.625. The van der Waals surface area contributed by atoms with Gasteiger partial charge in [0, 0.05) is 6.04 Å². The molecule has 2 atom stereocenters. The van der Waals surface area contributed by atoms with Crippen LogP contribution in [-0.4, -0.2) is 11.6 Å². The second-order valence-electron chi connectivity index (χ2n) is 5.64. The minimum Gasteiger partial charge on any atom is -0.366 e. The number of rotatable bonds is 6. The summed E-state index contributed by atoms with van der Waals surface area (Å²) in [5.41, 5.74) is 8.53. The second-order valence-corrected chi connectivity index (χ2v) is 5.64. The number of hydrogen-bond donors (Lipinski definition) is 1. The Labute approximate surface area is 112 Å². The van der Waals surface area contributed by atoms with E-state index in [1.807, 2.05) is 0 Å². The molecule has 2 heteroatoms. The van der Waals surface area contributed by atoms with Crippen LogP contribution in [0.3, 0.4) is 0 Å². The molecular weight excluding hydrogens is 222 g/mol. The summed E-state index contributed by atoms with van der Waals surface area (Å²) in [6.07, 6.45) is 1.87. The van der Waals surface area contributed by atoms with E-state index in [1.54, 1.807) is 0 Å². The lowest BCUT2D eigenvalue weighted by atomic mass is 9.97. The maximum Gasteiger partial charge on any atom is 0.0982 e. The molecule has 0 aliphatic carbocycles. The summed E-state index contributed by atoms with van der Waals surface area (Å²) in [4.78, 5) is 0. The summed E-state index contributed by atoms with van der Waals surface area (Å²) < 4.78 is 6.26. The van der Waals surface area contributed by atoms with Gasteiger partial charge in [0.15, 0.2) is 0 Å². The van der Waals surface area contributed by atoms with Gasteiger partial charge in [-0.05, 0) is 39.2 Å². The first-order valence-corrected chi connectivity index (χ1v) is 6.89. The van der Waals surface area contributed by atoms with Crippen molar-refractivity contribution in [1.82, 2.24) is 0 Å². The Morgan fingerprint density at radius 2 is 1.94 bits per heavy atom. The number of ether oxygens (including phenoxy) is 1. The Morgan fingerprint density at radius 1 is 1.28 bits per heavy atom. The second kappa shape index (κ2) is 6.35. The number of benzene rings is 1. The quantitative estimate of drug-likeness (QED) is 0.827. The predicted octanol–water partition coefficient (Wildman–Crippen LogP) is 3.98. The summed E-state index contributed by atoms with van der Waals surface area (Å²) in [7, 11) is 0. The zero-order chi connectivity index (χ0) is 13.8. The molecule has 2 unspecified atom stereocenters. The van der Waals surface area contributed by atoms with Gasteiger partial charge in [0.05, 0.1) is 11.7 Å². The normalized spacial score (nSPS) is 15.4. The van der Waals surface area contributed by atoms with Gasteiger partial charge in [-0.1, -0.05) is 43.7 Å². The Balaban J connectivity index is 2.99. The van der Waals surface area contributed by atoms with E-state index in [0.29, 0.717) is 0 Å². The van der Waals surface area contributed by atoms with Crippen LogP contribution in [0.2, 0.25) is 0 Å². The highest BCUT2D eigenvalue weighted by molar-refractivity contribution is 5.25. The van der Waals surface area contributed by atoms with Crippen LogP contribution in [0.4, 0.5) is 0 Å². The van der Waals surface area contributed by atoms with Crippen molar-refractivity contribution in [2.24, 2.45) is 5.73 Å². The zero-order valence-electron chi connectivity index (χ0n) is 12.4. The van der Waals surface area contributed by atoms with Gasteiger partial charge in [-0.25, -0.2) is 0 Å². The molecule has 0 aromatic heterocycles. The fourth-order valence-corrected chi connectivity index (χ4v) is 1.89. The molecule has 2 nitrogen and oxygen atoms in total. The molecule has 2 N–H and O–H groups in total. The minimum atomic E-state index is -0.138. The molecule has 18 heavy (non-hydrogen) atoms. The van der Waals surface area contributed by atoms with E-state index in [0.717, 1.165) is 12.8 Å². The molecule has 0 saturated carbocycles. The lowest BCUT2D eigenvalue weighted by molar-refractivity contribution is -0.0858. The molecule has 0 heterocycles. The molecule has 0 aliphatic heterocycles. The van der Waals surface area contributed by atoms with E-state index >= 15 is 0 Å². The van der Waals surface area contributed by atoms with Crippen LogP contribution < -0.4 is 5.73 Å². The molecule has 0 amide bonds. The van der Waals surface area contributed by atoms with Gasteiger partial charge in [0.2, 0.25) is 0 Å². The summed E-state index contributed by atoms with van der Waals surface area (Å²) in [6.45, 7) is 10.6. The van der Waals surface area contributed by atoms with Crippen molar-refractivity contribution < 1.29 is 4.74 Å². The molecule has 1 rings (SSSR count). The van der Waals surface area contributed by atoms with Gasteiger partial charge < -0.3 is 10.5 Å². The molecule has 0 radical (unpaired) electrons. The van der Waals surface area contributed by atoms with Crippen LogP contribution in [0.5, 0.6) is 0 Å². The van der Waals surface area contributed by atoms with Crippen molar-refractivity contribution in [2.75, 3.05) is 0 Å². The van der Waals surface area contributed by atoms with Crippen LogP contribution in [0.15, 0.2) is 24.3 Å². The highest BCUT2D eigenvalue weighted by Crippen LogP contribution is 2.29. The van der Waals surface area contributed by atoms with Crippen LogP contribution in [-0.2, 0) is 4.74 Å². The highest BCUT2D eigenvalue weighted by Gasteiger charge is 2.27. The molecule has 0 bridgehead atoms. The molecule has 0 fully saturated rings. The Hall–Kier alpha value is -0.860. The Morgan fingerprint density at radius 3 is 2.44 bits per heavy atom. The SMILES string of the molecule is CCC(N)C(OC(C)(C)CC)c1cccc(C)c1. The molecule has 0 saturated heterocycles. The van der Waals surface area contributed by atoms with E-state index in [-0.39, 0.29) is 17.7 Å². The van der Waals surface area contributed by atoms with Gasteiger partial charge in [0.25, 0.3) is 0 Å². The van der Waals surface area contributed by atoms with Gasteiger partial charge >= 0.3 is 0 Å². The smallest absolute Gasteiger partial charge is 0.0982 e. The average molecular weight is 249 g/mol. The van der Waals surface area contributed by atoms with Crippen LogP contribution in [0.25, 0.3) is 0 Å². The summed E-state index contributed by atoms with van der Waals surface area (Å²) in [5, 5.41) is 0. The lowest BCUT2D eigenvalue weighted by Crippen LogP contribution is -2.36. The number of nitrogens with two attached hydrogens (primary N) is 1. The maximum absolute atomic E-state index is 6.26. The van der Waals surface area contributed by atoms with E-state index in [1.165, 1.54) is 11.1 Å². The van der Waals surface area contributed by atoms with Crippen molar-refractivity contribution in [3.63, 3.8) is 0 Å². The van der Waals surface area contributed by atoms with Crippen molar-refractivity contribution in [2.45, 2.75) is 65.2 Å². The minimum absolute atomic E-state index is 0.0233. The molecular formula is C16H27NO. The third-order valence-electron chi connectivity index (χ3n) is 3.53. The first-order valence-electron chi connectivity index (χ1n) is 6.89. The molecule has 1 aromatic rings. The van der Waals surface area contributed by atoms with Crippen molar-refractivity contribution >= 4 is 0 Å². The van der Waals surface area contributed by atoms with Crippen molar-refractivity contribution in [1.29, 1.82) is 0 Å². The summed E-state index contributed by atoms with van der Waals surface area (Å²) >= 11 is 0. The number of hydrogen-bond acceptors (Lipinski definition) is 2.